The van der Waals surface area contributed by atoms with Crippen molar-refractivity contribution in [2.45, 2.75) is 38.5 Å². The third-order valence-corrected chi connectivity index (χ3v) is 6.61. The molecule has 1 heterocycles. The predicted octanol–water partition coefficient (Wildman–Crippen LogP) is 4.67. The molecule has 0 aliphatic carbocycles. The van der Waals surface area contributed by atoms with Gasteiger partial charge in [-0.3, -0.25) is 4.72 Å². The molecule has 3 rings (SSSR count). The SMILES string of the molecule is COc1ccc(Cl)cc1S(=O)(=O)Nc1c(C)cc(C)c(N2CCCC2)c1C. The summed E-state index contributed by atoms with van der Waals surface area (Å²) >= 11 is 6.02. The Kier molecular flexibility index (Phi) is 5.58. The highest BCUT2D eigenvalue weighted by Crippen LogP contribution is 2.37. The van der Waals surface area contributed by atoms with Crippen molar-refractivity contribution in [1.29, 1.82) is 0 Å². The molecule has 0 atom stereocenters. The molecule has 0 aromatic heterocycles. The first kappa shape index (κ1) is 19.8. The number of halogens is 1. The van der Waals surface area contributed by atoms with Crippen LogP contribution in [0.4, 0.5) is 11.4 Å². The van der Waals surface area contributed by atoms with Crippen LogP contribution in [-0.2, 0) is 10.0 Å². The quantitative estimate of drug-likeness (QED) is 0.780. The molecule has 1 saturated heterocycles. The molecular weight excluding hydrogens is 384 g/mol. The number of hydrogen-bond donors (Lipinski definition) is 1. The summed E-state index contributed by atoms with van der Waals surface area (Å²) in [6.45, 7) is 7.96. The van der Waals surface area contributed by atoms with Crippen molar-refractivity contribution < 1.29 is 13.2 Å². The maximum atomic E-state index is 13.1. The molecular formula is C20H25ClN2O3S. The first-order valence-corrected chi connectivity index (χ1v) is 10.8. The normalized spacial score (nSPS) is 14.5. The molecule has 5 nitrogen and oxygen atoms in total. The molecule has 0 unspecified atom stereocenters. The van der Waals surface area contributed by atoms with Gasteiger partial charge in [0, 0.05) is 23.8 Å². The lowest BCUT2D eigenvalue weighted by Gasteiger charge is -2.26. The number of aryl methyl sites for hydroxylation is 2. The van der Waals surface area contributed by atoms with E-state index in [-0.39, 0.29) is 10.6 Å². The standard InChI is InChI=1S/C20H25ClN2O3S/c1-13-11-14(2)20(23-9-5-6-10-23)15(3)19(13)22-27(24,25)18-12-16(21)7-8-17(18)26-4/h7-8,11-12,22H,5-6,9-10H2,1-4H3. The van der Waals surface area contributed by atoms with Crippen molar-refractivity contribution in [2.75, 3.05) is 29.8 Å². The van der Waals surface area contributed by atoms with E-state index >= 15 is 0 Å². The van der Waals surface area contributed by atoms with Crippen LogP contribution in [0, 0.1) is 20.8 Å². The summed E-state index contributed by atoms with van der Waals surface area (Å²) in [5.41, 5.74) is 4.73. The number of nitrogens with zero attached hydrogens (tertiary/aromatic N) is 1. The van der Waals surface area contributed by atoms with E-state index in [4.69, 9.17) is 16.3 Å². The number of anilines is 2. The minimum atomic E-state index is -3.85. The Bertz CT molecular complexity index is 968. The third-order valence-electron chi connectivity index (χ3n) is 5.00. The minimum absolute atomic E-state index is 0.0274. The van der Waals surface area contributed by atoms with Crippen molar-refractivity contribution in [3.05, 3.63) is 46.0 Å². The van der Waals surface area contributed by atoms with Gasteiger partial charge in [-0.1, -0.05) is 17.7 Å². The van der Waals surface area contributed by atoms with Gasteiger partial charge < -0.3 is 9.64 Å². The highest BCUT2D eigenvalue weighted by Gasteiger charge is 2.25. The van der Waals surface area contributed by atoms with Crippen molar-refractivity contribution in [2.24, 2.45) is 0 Å². The van der Waals surface area contributed by atoms with Crippen LogP contribution in [-0.4, -0.2) is 28.6 Å². The number of benzene rings is 2. The van der Waals surface area contributed by atoms with E-state index in [1.807, 2.05) is 19.9 Å². The van der Waals surface area contributed by atoms with Gasteiger partial charge in [0.25, 0.3) is 10.0 Å². The van der Waals surface area contributed by atoms with Crippen LogP contribution in [0.25, 0.3) is 0 Å². The lowest BCUT2D eigenvalue weighted by Crippen LogP contribution is -2.22. The zero-order chi connectivity index (χ0) is 19.8. The first-order chi connectivity index (χ1) is 12.7. The van der Waals surface area contributed by atoms with Crippen LogP contribution in [0.3, 0.4) is 0 Å². The molecule has 146 valence electrons. The lowest BCUT2D eigenvalue weighted by atomic mass is 10.0. The van der Waals surface area contributed by atoms with Crippen LogP contribution < -0.4 is 14.4 Å². The Labute approximate surface area is 166 Å². The minimum Gasteiger partial charge on any atom is -0.495 e. The van der Waals surface area contributed by atoms with Crippen LogP contribution in [0.15, 0.2) is 29.2 Å². The average molecular weight is 409 g/mol. The topological polar surface area (TPSA) is 58.6 Å². The van der Waals surface area contributed by atoms with E-state index in [0.29, 0.717) is 10.7 Å². The molecule has 2 aromatic rings. The van der Waals surface area contributed by atoms with Gasteiger partial charge in [-0.15, -0.1) is 0 Å². The maximum Gasteiger partial charge on any atom is 0.265 e. The molecule has 1 fully saturated rings. The molecule has 0 saturated carbocycles. The monoisotopic (exact) mass is 408 g/mol. The van der Waals surface area contributed by atoms with Crippen LogP contribution in [0.1, 0.15) is 29.5 Å². The average Bonchev–Trinajstić information content (AvgIpc) is 3.12. The fourth-order valence-electron chi connectivity index (χ4n) is 3.81. The third kappa shape index (κ3) is 3.87. The van der Waals surface area contributed by atoms with Crippen molar-refractivity contribution in [1.82, 2.24) is 0 Å². The second kappa shape index (κ2) is 7.60. The van der Waals surface area contributed by atoms with Gasteiger partial charge in [0.05, 0.1) is 12.8 Å². The zero-order valence-electron chi connectivity index (χ0n) is 16.1. The van der Waals surface area contributed by atoms with E-state index < -0.39 is 10.0 Å². The zero-order valence-corrected chi connectivity index (χ0v) is 17.7. The van der Waals surface area contributed by atoms with Crippen molar-refractivity contribution in [3.63, 3.8) is 0 Å². The van der Waals surface area contributed by atoms with Gasteiger partial charge in [-0.05, 0) is 68.5 Å². The molecule has 0 amide bonds. The second-order valence-corrected chi connectivity index (χ2v) is 9.04. The smallest absolute Gasteiger partial charge is 0.265 e. The second-order valence-electron chi connectivity index (χ2n) is 6.95. The van der Waals surface area contributed by atoms with Gasteiger partial charge in [-0.25, -0.2) is 8.42 Å². The largest absolute Gasteiger partial charge is 0.495 e. The molecule has 0 bridgehead atoms. The van der Waals surface area contributed by atoms with Gasteiger partial charge >= 0.3 is 0 Å². The fraction of sp³-hybridized carbons (Fsp3) is 0.400. The Hall–Kier alpha value is -1.92. The summed E-state index contributed by atoms with van der Waals surface area (Å²) in [7, 11) is -2.41. The van der Waals surface area contributed by atoms with Crippen LogP contribution >= 0.6 is 11.6 Å². The Morgan fingerprint density at radius 2 is 1.74 bits per heavy atom. The van der Waals surface area contributed by atoms with Gasteiger partial charge in [-0.2, -0.15) is 0 Å². The number of rotatable bonds is 5. The molecule has 1 aliphatic rings. The molecule has 1 aliphatic heterocycles. The maximum absolute atomic E-state index is 13.1. The molecule has 7 heteroatoms. The summed E-state index contributed by atoms with van der Waals surface area (Å²) in [5.74, 6) is 0.258. The molecule has 27 heavy (non-hydrogen) atoms. The Balaban J connectivity index is 2.07. The van der Waals surface area contributed by atoms with E-state index in [2.05, 4.69) is 16.5 Å². The summed E-state index contributed by atoms with van der Waals surface area (Å²) < 4.78 is 34.2. The summed E-state index contributed by atoms with van der Waals surface area (Å²) in [6, 6.07) is 6.60. The molecule has 0 radical (unpaired) electrons. The number of nitrogens with one attached hydrogen (secondary N) is 1. The first-order valence-electron chi connectivity index (χ1n) is 8.96. The summed E-state index contributed by atoms with van der Waals surface area (Å²) in [5, 5.41) is 0.339. The van der Waals surface area contributed by atoms with Gasteiger partial charge in [0.2, 0.25) is 0 Å². The van der Waals surface area contributed by atoms with Crippen LogP contribution in [0.2, 0.25) is 5.02 Å². The highest BCUT2D eigenvalue weighted by atomic mass is 35.5. The van der Waals surface area contributed by atoms with Gasteiger partial charge in [0.1, 0.15) is 10.6 Å². The predicted molar refractivity (Wildman–Crippen MR) is 111 cm³/mol. The van der Waals surface area contributed by atoms with E-state index in [9.17, 15) is 8.42 Å². The molecule has 1 N–H and O–H groups in total. The Morgan fingerprint density at radius 3 is 2.37 bits per heavy atom. The van der Waals surface area contributed by atoms with Gasteiger partial charge in [0.15, 0.2) is 0 Å². The van der Waals surface area contributed by atoms with Crippen LogP contribution in [0.5, 0.6) is 5.75 Å². The number of hydrogen-bond acceptors (Lipinski definition) is 4. The summed E-state index contributed by atoms with van der Waals surface area (Å²) in [4.78, 5) is 2.36. The van der Waals surface area contributed by atoms with E-state index in [0.717, 1.165) is 48.3 Å². The number of sulfonamides is 1. The Morgan fingerprint density at radius 1 is 1.07 bits per heavy atom. The lowest BCUT2D eigenvalue weighted by molar-refractivity contribution is 0.403. The molecule has 2 aromatic carbocycles. The fourth-order valence-corrected chi connectivity index (χ4v) is 5.44. The summed E-state index contributed by atoms with van der Waals surface area (Å²) in [6.07, 6.45) is 2.32. The van der Waals surface area contributed by atoms with Crippen molar-refractivity contribution in [3.8, 4) is 5.75 Å². The highest BCUT2D eigenvalue weighted by molar-refractivity contribution is 7.92. The van der Waals surface area contributed by atoms with Crippen molar-refractivity contribution >= 4 is 33.0 Å². The van der Waals surface area contributed by atoms with E-state index in [1.54, 1.807) is 12.1 Å². The van der Waals surface area contributed by atoms with E-state index in [1.165, 1.54) is 13.2 Å². The number of ether oxygens (including phenoxy) is 1. The molecule has 0 spiro atoms. The number of methoxy groups -OCH3 is 1.